The highest BCUT2D eigenvalue weighted by atomic mass is 16.5. The van der Waals surface area contributed by atoms with Crippen LogP contribution in [0.2, 0.25) is 0 Å². The van der Waals surface area contributed by atoms with Gasteiger partial charge in [0.05, 0.1) is 6.61 Å². The van der Waals surface area contributed by atoms with E-state index in [1.54, 1.807) is 0 Å². The van der Waals surface area contributed by atoms with Crippen molar-refractivity contribution in [3.05, 3.63) is 78.0 Å². The molecule has 202 valence electrons. The van der Waals surface area contributed by atoms with Crippen LogP contribution >= 0.6 is 0 Å². The van der Waals surface area contributed by atoms with Crippen LogP contribution < -0.4 is 4.74 Å². The predicted molar refractivity (Wildman–Crippen MR) is 158 cm³/mol. The normalized spacial score (nSPS) is 11.4. The van der Waals surface area contributed by atoms with Crippen LogP contribution in [0, 0.1) is 0 Å². The van der Waals surface area contributed by atoms with E-state index in [9.17, 15) is 4.79 Å². The maximum absolute atomic E-state index is 13.9. The van der Waals surface area contributed by atoms with Gasteiger partial charge in [-0.2, -0.15) is 0 Å². The molecule has 4 rings (SSSR count). The molecule has 1 aromatic heterocycles. The van der Waals surface area contributed by atoms with Crippen LogP contribution in [-0.4, -0.2) is 28.7 Å². The Kier molecular flexibility index (Phi) is 10.8. The number of rotatable bonds is 17. The number of carbonyl (C=O) groups excluding carboxylic acids is 1. The number of aliphatic hydroxyl groups excluding tert-OH is 1. The van der Waals surface area contributed by atoms with Gasteiger partial charge < -0.3 is 14.4 Å². The van der Waals surface area contributed by atoms with Crippen molar-refractivity contribution in [2.24, 2.45) is 0 Å². The number of ketones is 1. The molecule has 0 unspecified atom stereocenters. The van der Waals surface area contributed by atoms with Gasteiger partial charge in [-0.1, -0.05) is 101 Å². The minimum atomic E-state index is 0.0668. The zero-order valence-electron chi connectivity index (χ0n) is 23.0. The van der Waals surface area contributed by atoms with Crippen molar-refractivity contribution in [3.8, 4) is 5.75 Å². The fraction of sp³-hybridized carbons (Fsp3) is 0.441. The summed E-state index contributed by atoms with van der Waals surface area (Å²) in [6.07, 6.45) is 14.7. The van der Waals surface area contributed by atoms with Gasteiger partial charge in [0.15, 0.2) is 5.78 Å². The number of aliphatic hydroxyl groups is 1. The SMILES string of the molecule is CCCCCn1cc(C(=O)c2ccc(OCCCCCCCCCCO)c3ccccc23)c2ccccc21. The molecule has 38 heavy (non-hydrogen) atoms. The van der Waals surface area contributed by atoms with E-state index in [1.165, 1.54) is 38.5 Å². The lowest BCUT2D eigenvalue weighted by atomic mass is 9.96. The van der Waals surface area contributed by atoms with E-state index in [0.717, 1.165) is 77.2 Å². The average molecular weight is 514 g/mol. The summed E-state index contributed by atoms with van der Waals surface area (Å²) in [5.74, 6) is 0.917. The molecule has 0 saturated heterocycles. The van der Waals surface area contributed by atoms with Gasteiger partial charge in [0.25, 0.3) is 0 Å². The molecule has 0 bridgehead atoms. The molecule has 0 saturated carbocycles. The standard InChI is InChI=1S/C34H43NO3/c1-2-3-14-23-35-26-31(28-18-12-13-20-32(28)35)34(37)30-21-22-33(29-19-11-10-17-27(29)30)38-25-16-9-7-5-4-6-8-15-24-36/h10-13,17-22,26,36H,2-9,14-16,23-25H2,1H3. The van der Waals surface area contributed by atoms with Gasteiger partial charge in [-0.3, -0.25) is 4.79 Å². The van der Waals surface area contributed by atoms with Crippen molar-refractivity contribution in [2.45, 2.75) is 84.1 Å². The van der Waals surface area contributed by atoms with E-state index in [4.69, 9.17) is 9.84 Å². The minimum absolute atomic E-state index is 0.0668. The van der Waals surface area contributed by atoms with Gasteiger partial charge in [0.2, 0.25) is 0 Å². The smallest absolute Gasteiger partial charge is 0.195 e. The van der Waals surface area contributed by atoms with E-state index in [1.807, 2.05) is 42.5 Å². The Morgan fingerprint density at radius 3 is 2.11 bits per heavy atom. The second-order valence-electron chi connectivity index (χ2n) is 10.3. The summed E-state index contributed by atoms with van der Waals surface area (Å²) in [5, 5.41) is 11.8. The Balaban J connectivity index is 1.44. The molecule has 0 atom stereocenters. The van der Waals surface area contributed by atoms with Gasteiger partial charge in [0.1, 0.15) is 5.75 Å². The molecule has 0 radical (unpaired) electrons. The summed E-state index contributed by atoms with van der Waals surface area (Å²) in [6, 6.07) is 20.3. The Morgan fingerprint density at radius 1 is 0.711 bits per heavy atom. The van der Waals surface area contributed by atoms with Crippen molar-refractivity contribution < 1.29 is 14.6 Å². The summed E-state index contributed by atoms with van der Waals surface area (Å²) in [5.41, 5.74) is 2.62. The number of hydrogen-bond donors (Lipinski definition) is 1. The van der Waals surface area contributed by atoms with Gasteiger partial charge in [-0.25, -0.2) is 0 Å². The van der Waals surface area contributed by atoms with E-state index >= 15 is 0 Å². The number of hydrogen-bond acceptors (Lipinski definition) is 3. The highest BCUT2D eigenvalue weighted by Gasteiger charge is 2.19. The Hall–Kier alpha value is -3.11. The third-order valence-electron chi connectivity index (χ3n) is 7.47. The first kappa shape index (κ1) is 27.9. The first-order chi connectivity index (χ1) is 18.7. The van der Waals surface area contributed by atoms with Crippen LogP contribution in [0.5, 0.6) is 5.75 Å². The maximum atomic E-state index is 13.9. The summed E-state index contributed by atoms with van der Waals surface area (Å²) < 4.78 is 8.45. The number of unbranched alkanes of at least 4 members (excludes halogenated alkanes) is 9. The number of aromatic nitrogens is 1. The van der Waals surface area contributed by atoms with Crippen molar-refractivity contribution in [3.63, 3.8) is 0 Å². The van der Waals surface area contributed by atoms with Crippen LogP contribution in [0.15, 0.2) is 66.9 Å². The van der Waals surface area contributed by atoms with Crippen LogP contribution in [-0.2, 0) is 6.54 Å². The lowest BCUT2D eigenvalue weighted by Crippen LogP contribution is -2.04. The number of carbonyl (C=O) groups is 1. The average Bonchev–Trinajstić information content (AvgIpc) is 3.32. The molecule has 0 aliphatic heterocycles. The summed E-state index contributed by atoms with van der Waals surface area (Å²) >= 11 is 0. The highest BCUT2D eigenvalue weighted by molar-refractivity contribution is 6.21. The van der Waals surface area contributed by atoms with Gasteiger partial charge in [-0.15, -0.1) is 0 Å². The molecule has 0 amide bonds. The van der Waals surface area contributed by atoms with Crippen molar-refractivity contribution in [2.75, 3.05) is 13.2 Å². The predicted octanol–water partition coefficient (Wildman–Crippen LogP) is 8.71. The topological polar surface area (TPSA) is 51.5 Å². The molecule has 4 heteroatoms. The lowest BCUT2D eigenvalue weighted by Gasteiger charge is -2.12. The quantitative estimate of drug-likeness (QED) is 0.113. The molecule has 0 fully saturated rings. The second kappa shape index (κ2) is 14.7. The molecule has 4 nitrogen and oxygen atoms in total. The fourth-order valence-corrected chi connectivity index (χ4v) is 5.34. The Morgan fingerprint density at radius 2 is 1.37 bits per heavy atom. The summed E-state index contributed by atoms with van der Waals surface area (Å²) in [6.45, 7) is 4.14. The van der Waals surface area contributed by atoms with E-state index < -0.39 is 0 Å². The Labute approximate surface area is 227 Å². The molecule has 4 aromatic rings. The third kappa shape index (κ3) is 7.05. The molecule has 0 aliphatic rings. The molecule has 3 aromatic carbocycles. The maximum Gasteiger partial charge on any atom is 0.195 e. The molecular formula is C34H43NO3. The van der Waals surface area contributed by atoms with E-state index in [-0.39, 0.29) is 5.78 Å². The molecule has 0 spiro atoms. The van der Waals surface area contributed by atoms with Gasteiger partial charge >= 0.3 is 0 Å². The first-order valence-electron chi connectivity index (χ1n) is 14.6. The number of aryl methyl sites for hydroxylation is 1. The minimum Gasteiger partial charge on any atom is -0.493 e. The van der Waals surface area contributed by atoms with Crippen molar-refractivity contribution >= 4 is 27.5 Å². The number of benzene rings is 3. The van der Waals surface area contributed by atoms with E-state index in [2.05, 4.69) is 35.9 Å². The number of fused-ring (bicyclic) bond motifs is 2. The summed E-state index contributed by atoms with van der Waals surface area (Å²) in [7, 11) is 0. The van der Waals surface area contributed by atoms with Crippen molar-refractivity contribution in [1.82, 2.24) is 4.57 Å². The van der Waals surface area contributed by atoms with E-state index in [0.29, 0.717) is 13.2 Å². The second-order valence-corrected chi connectivity index (χ2v) is 10.3. The number of nitrogens with zero attached hydrogens (tertiary/aromatic N) is 1. The van der Waals surface area contributed by atoms with Crippen molar-refractivity contribution in [1.29, 1.82) is 0 Å². The zero-order chi connectivity index (χ0) is 26.6. The van der Waals surface area contributed by atoms with Crippen LogP contribution in [0.1, 0.15) is 93.5 Å². The summed E-state index contributed by atoms with van der Waals surface area (Å²) in [4.78, 5) is 13.9. The number of para-hydroxylation sites is 1. The zero-order valence-corrected chi connectivity index (χ0v) is 23.0. The molecule has 1 heterocycles. The van der Waals surface area contributed by atoms with Gasteiger partial charge in [-0.05, 0) is 42.8 Å². The highest BCUT2D eigenvalue weighted by Crippen LogP contribution is 2.32. The Bertz CT molecular complexity index is 1310. The van der Waals surface area contributed by atoms with Crippen LogP contribution in [0.25, 0.3) is 21.7 Å². The molecule has 0 aliphatic carbocycles. The largest absolute Gasteiger partial charge is 0.493 e. The lowest BCUT2D eigenvalue weighted by molar-refractivity contribution is 0.104. The molecule has 1 N–H and O–H groups in total. The van der Waals surface area contributed by atoms with Crippen LogP contribution in [0.4, 0.5) is 0 Å². The third-order valence-corrected chi connectivity index (χ3v) is 7.47. The number of ether oxygens (including phenoxy) is 1. The molecular weight excluding hydrogens is 470 g/mol. The van der Waals surface area contributed by atoms with Crippen LogP contribution in [0.3, 0.4) is 0 Å². The fourth-order valence-electron chi connectivity index (χ4n) is 5.34. The van der Waals surface area contributed by atoms with Gasteiger partial charge in [0, 0.05) is 46.8 Å². The first-order valence-corrected chi connectivity index (χ1v) is 14.6. The monoisotopic (exact) mass is 513 g/mol.